The van der Waals surface area contributed by atoms with Gasteiger partial charge in [-0.1, -0.05) is 5.16 Å². The van der Waals surface area contributed by atoms with Crippen LogP contribution < -0.4 is 0 Å². The topological polar surface area (TPSA) is 59.2 Å². The Morgan fingerprint density at radius 2 is 2.15 bits per heavy atom. The van der Waals surface area contributed by atoms with Crippen molar-refractivity contribution in [3.05, 3.63) is 58.1 Å². The Hall–Kier alpha value is -2.61. The second kappa shape index (κ2) is 6.95. The highest BCUT2D eigenvalue weighted by Gasteiger charge is 2.29. The zero-order valence-electron chi connectivity index (χ0n) is 13.7. The molecule has 26 heavy (non-hydrogen) atoms. The van der Waals surface area contributed by atoms with Gasteiger partial charge in [-0.15, -0.1) is 0 Å². The van der Waals surface area contributed by atoms with Gasteiger partial charge in [0.2, 0.25) is 11.7 Å². The first kappa shape index (κ1) is 16.8. The molecule has 4 rings (SSSR count). The summed E-state index contributed by atoms with van der Waals surface area (Å²) in [4.78, 5) is 18.7. The Morgan fingerprint density at radius 3 is 2.92 bits per heavy atom. The molecular weight excluding hydrogens is 360 g/mol. The Kier molecular flexibility index (Phi) is 4.50. The van der Waals surface area contributed by atoms with E-state index in [1.807, 2.05) is 16.8 Å². The molecule has 0 bridgehead atoms. The molecule has 0 N–H and O–H groups in total. The molecule has 1 fully saturated rings. The smallest absolute Gasteiger partial charge is 0.253 e. The molecule has 0 aliphatic carbocycles. The number of thiophene rings is 1. The van der Waals surface area contributed by atoms with E-state index < -0.39 is 11.6 Å². The fourth-order valence-corrected chi connectivity index (χ4v) is 3.72. The summed E-state index contributed by atoms with van der Waals surface area (Å²) in [7, 11) is 0. The highest BCUT2D eigenvalue weighted by atomic mass is 32.1. The average molecular weight is 375 g/mol. The Balaban J connectivity index is 1.50. The molecule has 0 radical (unpaired) electrons. The van der Waals surface area contributed by atoms with Gasteiger partial charge in [0.15, 0.2) is 11.6 Å². The fourth-order valence-electron chi connectivity index (χ4n) is 3.08. The number of carbonyl (C=O) groups is 1. The van der Waals surface area contributed by atoms with E-state index >= 15 is 0 Å². The third-order valence-corrected chi connectivity index (χ3v) is 5.13. The van der Waals surface area contributed by atoms with Gasteiger partial charge in [0.05, 0.1) is 5.92 Å². The second-order valence-electron chi connectivity index (χ2n) is 6.19. The van der Waals surface area contributed by atoms with E-state index in [4.69, 9.17) is 4.52 Å². The van der Waals surface area contributed by atoms with Crippen molar-refractivity contribution in [2.24, 2.45) is 0 Å². The van der Waals surface area contributed by atoms with Gasteiger partial charge >= 0.3 is 0 Å². The SMILES string of the molecule is O=C(c1ccc(F)c(F)c1)N1CCCC(c2nc(-c3ccsc3)no2)C1. The van der Waals surface area contributed by atoms with Crippen LogP contribution in [0.3, 0.4) is 0 Å². The molecule has 134 valence electrons. The van der Waals surface area contributed by atoms with E-state index in [-0.39, 0.29) is 17.4 Å². The normalized spacial score (nSPS) is 17.5. The second-order valence-corrected chi connectivity index (χ2v) is 6.97. The van der Waals surface area contributed by atoms with E-state index in [2.05, 4.69) is 10.1 Å². The molecule has 1 amide bonds. The lowest BCUT2D eigenvalue weighted by atomic mass is 9.97. The van der Waals surface area contributed by atoms with E-state index in [9.17, 15) is 13.6 Å². The van der Waals surface area contributed by atoms with Gasteiger partial charge in [0.1, 0.15) is 0 Å². The number of benzene rings is 1. The lowest BCUT2D eigenvalue weighted by Gasteiger charge is -2.31. The summed E-state index contributed by atoms with van der Waals surface area (Å²) in [6, 6.07) is 5.11. The van der Waals surface area contributed by atoms with Crippen molar-refractivity contribution in [3.63, 3.8) is 0 Å². The van der Waals surface area contributed by atoms with Crippen LogP contribution in [0.4, 0.5) is 8.78 Å². The van der Waals surface area contributed by atoms with Crippen molar-refractivity contribution < 1.29 is 18.1 Å². The Morgan fingerprint density at radius 1 is 1.27 bits per heavy atom. The first-order valence-corrected chi connectivity index (χ1v) is 9.16. The standard InChI is InChI=1S/C18H15F2N3O2S/c19-14-4-3-11(8-15(14)20)18(24)23-6-1-2-12(9-23)17-21-16(22-25-17)13-5-7-26-10-13/h3-5,7-8,10,12H,1-2,6,9H2. The number of rotatable bonds is 3. The lowest BCUT2D eigenvalue weighted by Crippen LogP contribution is -2.39. The van der Waals surface area contributed by atoms with Crippen LogP contribution in [0.1, 0.15) is 35.0 Å². The quantitative estimate of drug-likeness (QED) is 0.692. The average Bonchev–Trinajstić information content (AvgIpc) is 3.35. The van der Waals surface area contributed by atoms with Crippen molar-refractivity contribution in [1.29, 1.82) is 0 Å². The third kappa shape index (κ3) is 3.24. The van der Waals surface area contributed by atoms with Crippen LogP contribution in [0.2, 0.25) is 0 Å². The highest BCUT2D eigenvalue weighted by molar-refractivity contribution is 7.08. The van der Waals surface area contributed by atoms with Crippen LogP contribution >= 0.6 is 11.3 Å². The predicted octanol–water partition coefficient (Wildman–Crippen LogP) is 4.10. The summed E-state index contributed by atoms with van der Waals surface area (Å²) in [5.41, 5.74) is 1.03. The molecule has 8 heteroatoms. The molecule has 1 atom stereocenters. The number of halogens is 2. The maximum Gasteiger partial charge on any atom is 0.253 e. The third-order valence-electron chi connectivity index (χ3n) is 4.45. The van der Waals surface area contributed by atoms with Gasteiger partial charge in [0.25, 0.3) is 5.91 Å². The van der Waals surface area contributed by atoms with Gasteiger partial charge in [0, 0.05) is 29.6 Å². The van der Waals surface area contributed by atoms with Gasteiger partial charge in [-0.05, 0) is 42.5 Å². The minimum absolute atomic E-state index is 0.0714. The number of hydrogen-bond acceptors (Lipinski definition) is 5. The van der Waals surface area contributed by atoms with Crippen LogP contribution in [0.5, 0.6) is 0 Å². The minimum Gasteiger partial charge on any atom is -0.339 e. The van der Waals surface area contributed by atoms with E-state index in [1.165, 1.54) is 6.07 Å². The van der Waals surface area contributed by atoms with Crippen molar-refractivity contribution in [1.82, 2.24) is 15.0 Å². The first-order valence-electron chi connectivity index (χ1n) is 8.22. The monoisotopic (exact) mass is 375 g/mol. The largest absolute Gasteiger partial charge is 0.339 e. The molecule has 3 heterocycles. The fraction of sp³-hybridized carbons (Fsp3) is 0.278. The molecule has 1 aromatic carbocycles. The molecule has 2 aromatic heterocycles. The summed E-state index contributed by atoms with van der Waals surface area (Å²) in [6.45, 7) is 0.961. The summed E-state index contributed by atoms with van der Waals surface area (Å²) in [6.07, 6.45) is 1.60. The molecule has 1 unspecified atom stereocenters. The van der Waals surface area contributed by atoms with Crippen molar-refractivity contribution in [2.75, 3.05) is 13.1 Å². The van der Waals surface area contributed by atoms with Crippen molar-refractivity contribution >= 4 is 17.2 Å². The zero-order chi connectivity index (χ0) is 18.1. The summed E-state index contributed by atoms with van der Waals surface area (Å²) in [5, 5.41) is 7.89. The van der Waals surface area contributed by atoms with E-state index in [1.54, 1.807) is 16.2 Å². The van der Waals surface area contributed by atoms with Crippen molar-refractivity contribution in [2.45, 2.75) is 18.8 Å². The molecule has 5 nitrogen and oxygen atoms in total. The molecule has 1 saturated heterocycles. The number of carbonyl (C=O) groups excluding carboxylic acids is 1. The number of amides is 1. The number of hydrogen-bond donors (Lipinski definition) is 0. The lowest BCUT2D eigenvalue weighted by molar-refractivity contribution is 0.0695. The maximum atomic E-state index is 13.4. The number of piperidine rings is 1. The maximum absolute atomic E-state index is 13.4. The number of likely N-dealkylation sites (tertiary alicyclic amines) is 1. The molecule has 1 aliphatic rings. The van der Waals surface area contributed by atoms with Crippen LogP contribution in [0.25, 0.3) is 11.4 Å². The van der Waals surface area contributed by atoms with E-state index in [0.29, 0.717) is 24.8 Å². The number of aromatic nitrogens is 2. The number of nitrogens with zero attached hydrogens (tertiary/aromatic N) is 3. The van der Waals surface area contributed by atoms with Crippen molar-refractivity contribution in [3.8, 4) is 11.4 Å². The predicted molar refractivity (Wildman–Crippen MR) is 91.8 cm³/mol. The van der Waals surface area contributed by atoms with E-state index in [0.717, 1.165) is 30.5 Å². The highest BCUT2D eigenvalue weighted by Crippen LogP contribution is 2.29. The van der Waals surface area contributed by atoms with Crippen LogP contribution in [0.15, 0.2) is 39.5 Å². The van der Waals surface area contributed by atoms with Gasteiger partial charge < -0.3 is 9.42 Å². The minimum atomic E-state index is -1.03. The Bertz CT molecular complexity index is 926. The van der Waals surface area contributed by atoms with Crippen LogP contribution in [-0.2, 0) is 0 Å². The molecule has 3 aromatic rings. The zero-order valence-corrected chi connectivity index (χ0v) is 14.5. The summed E-state index contributed by atoms with van der Waals surface area (Å²) in [5.74, 6) is -1.37. The van der Waals surface area contributed by atoms with Gasteiger partial charge in [-0.2, -0.15) is 16.3 Å². The molecule has 0 spiro atoms. The van der Waals surface area contributed by atoms with Crippen LogP contribution in [0, 0.1) is 11.6 Å². The molecule has 0 saturated carbocycles. The summed E-state index contributed by atoms with van der Waals surface area (Å²) >= 11 is 1.55. The van der Waals surface area contributed by atoms with Gasteiger partial charge in [-0.3, -0.25) is 4.79 Å². The van der Waals surface area contributed by atoms with Crippen LogP contribution in [-0.4, -0.2) is 34.0 Å². The summed E-state index contributed by atoms with van der Waals surface area (Å²) < 4.78 is 31.9. The first-order chi connectivity index (χ1) is 12.6. The Labute approximate surface area is 152 Å². The molecule has 1 aliphatic heterocycles. The molecular formula is C18H15F2N3O2S. The van der Waals surface area contributed by atoms with Gasteiger partial charge in [-0.25, -0.2) is 8.78 Å².